The lowest BCUT2D eigenvalue weighted by atomic mass is 10.0. The van der Waals surface area contributed by atoms with Gasteiger partial charge in [-0.3, -0.25) is 14.5 Å². The lowest BCUT2D eigenvalue weighted by Crippen LogP contribution is -2.36. The van der Waals surface area contributed by atoms with Crippen LogP contribution in [0.1, 0.15) is 59.4 Å². The number of rotatable bonds is 5. The minimum absolute atomic E-state index is 0.255. The molecular formula is C25H26N8O. The quantitative estimate of drug-likeness (QED) is 0.491. The van der Waals surface area contributed by atoms with Crippen LogP contribution < -0.4 is 10.6 Å². The van der Waals surface area contributed by atoms with Gasteiger partial charge in [-0.15, -0.1) is 0 Å². The lowest BCUT2D eigenvalue weighted by Gasteiger charge is -2.32. The molecule has 9 heteroatoms. The second kappa shape index (κ2) is 8.16. The fourth-order valence-electron chi connectivity index (χ4n) is 4.78. The predicted molar refractivity (Wildman–Crippen MR) is 129 cm³/mol. The van der Waals surface area contributed by atoms with E-state index in [0.717, 1.165) is 59.7 Å². The second-order valence-corrected chi connectivity index (χ2v) is 9.22. The van der Waals surface area contributed by atoms with E-state index in [1.165, 1.54) is 18.4 Å². The van der Waals surface area contributed by atoms with Crippen LogP contribution in [-0.4, -0.2) is 48.7 Å². The SMILES string of the molecule is Cc1nc(C(N)=O)ccc1-c1cc2cnn(C3CCN(c4ncc(C5CC5)cn4)CC3)c2cn1. The minimum Gasteiger partial charge on any atom is -0.364 e. The smallest absolute Gasteiger partial charge is 0.267 e. The van der Waals surface area contributed by atoms with E-state index in [1.54, 1.807) is 6.07 Å². The Hall–Kier alpha value is -3.88. The molecule has 1 aliphatic heterocycles. The maximum Gasteiger partial charge on any atom is 0.267 e. The summed E-state index contributed by atoms with van der Waals surface area (Å²) in [5.41, 5.74) is 10.3. The Balaban J connectivity index is 1.18. The van der Waals surface area contributed by atoms with Crippen LogP contribution in [0, 0.1) is 6.92 Å². The van der Waals surface area contributed by atoms with E-state index < -0.39 is 5.91 Å². The standard InChI is InChI=1S/C25H26N8O/c1-15-20(4-5-21(31-15)24(26)34)22-10-17-13-30-33(23(17)14-27-22)19-6-8-32(9-7-19)25-28-11-18(12-29-25)16-2-3-16/h4-5,10-14,16,19H,2-3,6-9H2,1H3,(H2,26,34). The van der Waals surface area contributed by atoms with E-state index in [1.807, 2.05) is 43.8 Å². The summed E-state index contributed by atoms with van der Waals surface area (Å²) < 4.78 is 2.10. The first kappa shape index (κ1) is 20.7. The molecule has 0 unspecified atom stereocenters. The van der Waals surface area contributed by atoms with Crippen LogP contribution in [0.3, 0.4) is 0 Å². The number of hydrogen-bond donors (Lipinski definition) is 1. The van der Waals surface area contributed by atoms with Gasteiger partial charge in [-0.1, -0.05) is 0 Å². The Morgan fingerprint density at radius 3 is 2.44 bits per heavy atom. The maximum atomic E-state index is 11.4. The van der Waals surface area contributed by atoms with E-state index >= 15 is 0 Å². The summed E-state index contributed by atoms with van der Waals surface area (Å²) in [6.07, 6.45) is 12.2. The molecule has 1 saturated heterocycles. The van der Waals surface area contributed by atoms with Crippen molar-refractivity contribution in [3.8, 4) is 11.3 Å². The van der Waals surface area contributed by atoms with Gasteiger partial charge in [0.15, 0.2) is 0 Å². The van der Waals surface area contributed by atoms with E-state index in [0.29, 0.717) is 12.0 Å². The Morgan fingerprint density at radius 2 is 1.76 bits per heavy atom. The third kappa shape index (κ3) is 3.76. The van der Waals surface area contributed by atoms with Crippen LogP contribution in [-0.2, 0) is 0 Å². The summed E-state index contributed by atoms with van der Waals surface area (Å²) in [6.45, 7) is 3.66. The molecule has 0 atom stereocenters. The number of amides is 1. The third-order valence-electron chi connectivity index (χ3n) is 6.90. The molecule has 2 fully saturated rings. The van der Waals surface area contributed by atoms with Gasteiger partial charge in [0.1, 0.15) is 5.69 Å². The molecule has 0 bridgehead atoms. The Labute approximate surface area is 197 Å². The summed E-state index contributed by atoms with van der Waals surface area (Å²) in [4.78, 5) is 31.9. The van der Waals surface area contributed by atoms with Gasteiger partial charge in [0.25, 0.3) is 5.91 Å². The zero-order valence-electron chi connectivity index (χ0n) is 19.1. The summed E-state index contributed by atoms with van der Waals surface area (Å²) in [6, 6.07) is 5.81. The fourth-order valence-corrected chi connectivity index (χ4v) is 4.78. The number of pyridine rings is 2. The number of carbonyl (C=O) groups excluding carboxylic acids is 1. The number of fused-ring (bicyclic) bond motifs is 1. The molecule has 4 aromatic heterocycles. The number of anilines is 1. The highest BCUT2D eigenvalue weighted by atomic mass is 16.1. The number of carbonyl (C=O) groups is 1. The van der Waals surface area contributed by atoms with Gasteiger partial charge in [0.05, 0.1) is 29.6 Å². The van der Waals surface area contributed by atoms with E-state index in [-0.39, 0.29) is 5.69 Å². The van der Waals surface area contributed by atoms with Crippen LogP contribution in [0.15, 0.2) is 43.0 Å². The molecule has 0 spiro atoms. The first-order chi connectivity index (χ1) is 16.6. The van der Waals surface area contributed by atoms with Crippen LogP contribution in [0.5, 0.6) is 0 Å². The Morgan fingerprint density at radius 1 is 1.00 bits per heavy atom. The van der Waals surface area contributed by atoms with Crippen LogP contribution >= 0.6 is 0 Å². The monoisotopic (exact) mass is 454 g/mol. The van der Waals surface area contributed by atoms with Crippen LogP contribution in [0.2, 0.25) is 0 Å². The van der Waals surface area contributed by atoms with Crippen LogP contribution in [0.4, 0.5) is 5.95 Å². The summed E-state index contributed by atoms with van der Waals surface area (Å²) in [5.74, 6) is 0.967. The average Bonchev–Trinajstić information content (AvgIpc) is 3.63. The highest BCUT2D eigenvalue weighted by Crippen LogP contribution is 2.39. The number of aryl methyl sites for hydroxylation is 1. The molecule has 9 nitrogen and oxygen atoms in total. The molecule has 1 aliphatic carbocycles. The molecule has 2 N–H and O–H groups in total. The zero-order chi connectivity index (χ0) is 23.2. The first-order valence-corrected chi connectivity index (χ1v) is 11.7. The first-order valence-electron chi connectivity index (χ1n) is 11.7. The molecule has 1 saturated carbocycles. The highest BCUT2D eigenvalue weighted by Gasteiger charge is 2.26. The van der Waals surface area contributed by atoms with E-state index in [4.69, 9.17) is 10.8 Å². The van der Waals surface area contributed by atoms with Crippen molar-refractivity contribution in [2.75, 3.05) is 18.0 Å². The van der Waals surface area contributed by atoms with Crippen molar-refractivity contribution in [2.24, 2.45) is 5.73 Å². The highest BCUT2D eigenvalue weighted by molar-refractivity contribution is 5.91. The summed E-state index contributed by atoms with van der Waals surface area (Å²) >= 11 is 0. The number of primary amides is 1. The topological polar surface area (TPSA) is 116 Å². The van der Waals surface area contributed by atoms with Gasteiger partial charge in [0, 0.05) is 42.1 Å². The number of nitrogens with zero attached hydrogens (tertiary/aromatic N) is 7. The summed E-state index contributed by atoms with van der Waals surface area (Å²) in [7, 11) is 0. The minimum atomic E-state index is -0.535. The molecular weight excluding hydrogens is 428 g/mol. The zero-order valence-corrected chi connectivity index (χ0v) is 19.1. The molecule has 0 radical (unpaired) electrons. The molecule has 1 amide bonds. The molecule has 34 heavy (non-hydrogen) atoms. The number of hydrogen-bond acceptors (Lipinski definition) is 7. The normalized spacial score (nSPS) is 16.8. The molecule has 4 aromatic rings. The maximum absolute atomic E-state index is 11.4. The lowest BCUT2D eigenvalue weighted by molar-refractivity contribution is 0.0995. The molecule has 5 heterocycles. The summed E-state index contributed by atoms with van der Waals surface area (Å²) in [5, 5.41) is 5.73. The van der Waals surface area contributed by atoms with Gasteiger partial charge in [-0.25, -0.2) is 15.0 Å². The molecule has 2 aliphatic rings. The van der Waals surface area contributed by atoms with Gasteiger partial charge >= 0.3 is 0 Å². The fraction of sp³-hybridized carbons (Fsp3) is 0.360. The Bertz CT molecular complexity index is 1370. The predicted octanol–water partition coefficient (Wildman–Crippen LogP) is 3.41. The Kier molecular flexibility index (Phi) is 4.97. The third-order valence-corrected chi connectivity index (χ3v) is 6.90. The number of aromatic nitrogens is 6. The van der Waals surface area contributed by atoms with Crippen molar-refractivity contribution in [2.45, 2.75) is 44.6 Å². The van der Waals surface area contributed by atoms with Crippen molar-refractivity contribution in [3.63, 3.8) is 0 Å². The largest absolute Gasteiger partial charge is 0.364 e. The molecule has 0 aromatic carbocycles. The van der Waals surface area contributed by atoms with Crippen molar-refractivity contribution in [1.29, 1.82) is 0 Å². The van der Waals surface area contributed by atoms with Crippen molar-refractivity contribution >= 4 is 22.8 Å². The number of piperidine rings is 1. The van der Waals surface area contributed by atoms with Crippen molar-refractivity contribution < 1.29 is 4.79 Å². The number of nitrogens with two attached hydrogens (primary N) is 1. The van der Waals surface area contributed by atoms with Crippen LogP contribution in [0.25, 0.3) is 22.2 Å². The second-order valence-electron chi connectivity index (χ2n) is 9.22. The molecule has 172 valence electrons. The van der Waals surface area contributed by atoms with Gasteiger partial charge in [-0.05, 0) is 62.3 Å². The van der Waals surface area contributed by atoms with Gasteiger partial charge < -0.3 is 10.6 Å². The molecule has 6 rings (SSSR count). The average molecular weight is 455 g/mol. The van der Waals surface area contributed by atoms with E-state index in [2.05, 4.69) is 29.5 Å². The van der Waals surface area contributed by atoms with Gasteiger partial charge in [0.2, 0.25) is 5.95 Å². The van der Waals surface area contributed by atoms with Crippen molar-refractivity contribution in [1.82, 2.24) is 29.7 Å². The van der Waals surface area contributed by atoms with E-state index in [9.17, 15) is 4.79 Å². The van der Waals surface area contributed by atoms with Gasteiger partial charge in [-0.2, -0.15) is 5.10 Å². The van der Waals surface area contributed by atoms with Crippen molar-refractivity contribution in [3.05, 3.63) is 59.9 Å².